The lowest BCUT2D eigenvalue weighted by molar-refractivity contribution is 0.0544. The Bertz CT molecular complexity index is 1560. The molecule has 3 atom stereocenters. The Morgan fingerprint density at radius 3 is 2.17 bits per heavy atom. The molecule has 0 N–H and O–H groups in total. The second-order valence-corrected chi connectivity index (χ2v) is 14.3. The van der Waals surface area contributed by atoms with Crippen molar-refractivity contribution in [1.82, 2.24) is 0 Å². The number of fused-ring (bicyclic) bond motifs is 3. The van der Waals surface area contributed by atoms with Gasteiger partial charge >= 0.3 is 0 Å². The monoisotopic (exact) mass is 542 g/mol. The molecule has 0 unspecified atom stereocenters. The van der Waals surface area contributed by atoms with E-state index in [1.165, 1.54) is 72.4 Å². The second kappa shape index (κ2) is 10.0. The van der Waals surface area contributed by atoms with Gasteiger partial charge in [0, 0.05) is 5.41 Å². The summed E-state index contributed by atoms with van der Waals surface area (Å²) < 4.78 is 0. The van der Waals surface area contributed by atoms with Crippen molar-refractivity contribution in [2.45, 2.75) is 93.9 Å². The van der Waals surface area contributed by atoms with Gasteiger partial charge < -0.3 is 0 Å². The van der Waals surface area contributed by atoms with E-state index in [9.17, 15) is 0 Å². The molecule has 214 valence electrons. The molecule has 0 spiro atoms. The van der Waals surface area contributed by atoms with Crippen LogP contribution >= 0.6 is 0 Å². The zero-order chi connectivity index (χ0) is 30.1. The summed E-state index contributed by atoms with van der Waals surface area (Å²) in [6.45, 7) is 37.0. The molecule has 0 saturated heterocycles. The number of aryl methyl sites for hydroxylation is 1. The van der Waals surface area contributed by atoms with Crippen molar-refractivity contribution >= 4 is 5.57 Å². The summed E-state index contributed by atoms with van der Waals surface area (Å²) in [4.78, 5) is 0. The predicted octanol–water partition coefficient (Wildman–Crippen LogP) is 11.7. The molecule has 3 aliphatic rings. The third-order valence-corrected chi connectivity index (χ3v) is 11.1. The van der Waals surface area contributed by atoms with Crippen LogP contribution in [0.4, 0.5) is 0 Å². The maximum Gasteiger partial charge on any atom is 0.0194 e. The van der Waals surface area contributed by atoms with Gasteiger partial charge in [-0.15, -0.1) is 0 Å². The van der Waals surface area contributed by atoms with Crippen LogP contribution in [0.25, 0.3) is 16.7 Å². The molecule has 2 aromatic carbocycles. The molecule has 0 radical (unpaired) electrons. The van der Waals surface area contributed by atoms with E-state index in [-0.39, 0.29) is 16.2 Å². The quantitative estimate of drug-likeness (QED) is 0.318. The number of rotatable bonds is 6. The number of benzene rings is 2. The molecule has 41 heavy (non-hydrogen) atoms. The summed E-state index contributed by atoms with van der Waals surface area (Å²) >= 11 is 0. The van der Waals surface area contributed by atoms with Gasteiger partial charge in [0.05, 0.1) is 0 Å². The minimum Gasteiger partial charge on any atom is -0.0995 e. The van der Waals surface area contributed by atoms with Gasteiger partial charge in [-0.25, -0.2) is 0 Å². The lowest BCUT2D eigenvalue weighted by atomic mass is 9.41. The molecular weight excluding hydrogens is 492 g/mol. The third-order valence-electron chi connectivity index (χ3n) is 11.1. The molecule has 5 rings (SSSR count). The average Bonchev–Trinajstić information content (AvgIpc) is 2.86. The highest BCUT2D eigenvalue weighted by Gasteiger charge is 2.59. The fraction of sp³-hybridized carbons (Fsp3) is 0.415. The van der Waals surface area contributed by atoms with Crippen molar-refractivity contribution in [1.29, 1.82) is 0 Å². The van der Waals surface area contributed by atoms with Gasteiger partial charge in [0.15, 0.2) is 0 Å². The Hall–Kier alpha value is -3.12. The molecule has 3 aliphatic carbocycles. The van der Waals surface area contributed by atoms with Crippen molar-refractivity contribution in [3.8, 4) is 11.1 Å². The lowest BCUT2D eigenvalue weighted by Gasteiger charge is -2.62. The zero-order valence-corrected chi connectivity index (χ0v) is 27.0. The summed E-state index contributed by atoms with van der Waals surface area (Å²) in [7, 11) is 0. The normalized spacial score (nSPS) is 27.4. The van der Waals surface area contributed by atoms with Gasteiger partial charge in [0.1, 0.15) is 0 Å². The van der Waals surface area contributed by atoms with E-state index in [0.29, 0.717) is 0 Å². The lowest BCUT2D eigenvalue weighted by Crippen LogP contribution is -2.52. The maximum absolute atomic E-state index is 4.85. The molecule has 0 heteroatoms. The topological polar surface area (TPSA) is 0 Å². The maximum atomic E-state index is 4.85. The average molecular weight is 543 g/mol. The Morgan fingerprint density at radius 1 is 0.902 bits per heavy atom. The highest BCUT2D eigenvalue weighted by molar-refractivity contribution is 5.90. The molecular formula is C41H50. The first-order chi connectivity index (χ1) is 19.2. The van der Waals surface area contributed by atoms with Gasteiger partial charge in [-0.05, 0) is 126 Å². The molecule has 0 nitrogen and oxygen atoms in total. The molecule has 0 amide bonds. The van der Waals surface area contributed by atoms with Crippen LogP contribution in [0.15, 0.2) is 102 Å². The summed E-state index contributed by atoms with van der Waals surface area (Å²) in [5.74, 6) is 0. The molecule has 0 bridgehead atoms. The van der Waals surface area contributed by atoms with Gasteiger partial charge in [-0.1, -0.05) is 119 Å². The summed E-state index contributed by atoms with van der Waals surface area (Å²) in [5.41, 5.74) is 18.7. The van der Waals surface area contributed by atoms with E-state index < -0.39 is 0 Å². The predicted molar refractivity (Wildman–Crippen MR) is 180 cm³/mol. The van der Waals surface area contributed by atoms with Crippen molar-refractivity contribution < 1.29 is 0 Å². The van der Waals surface area contributed by atoms with Crippen LogP contribution in [-0.2, 0) is 12.8 Å². The van der Waals surface area contributed by atoms with Crippen LogP contribution in [0, 0.1) is 23.2 Å². The van der Waals surface area contributed by atoms with Crippen LogP contribution < -0.4 is 0 Å². The van der Waals surface area contributed by atoms with Crippen LogP contribution in [0.3, 0.4) is 0 Å². The third kappa shape index (κ3) is 4.32. The van der Waals surface area contributed by atoms with E-state index in [2.05, 4.69) is 105 Å². The Kier molecular flexibility index (Phi) is 7.17. The highest BCUT2D eigenvalue weighted by Crippen LogP contribution is 2.70. The standard InChI is InChI=1S/C41H50/c1-13-14-26(4)21-32-16-18-33(19-17-32)34-20-15-27(5)37-29(7)38-31(9)41(12)30(8)36(25(2)3)28(6)22-40(41,11)24-39(38,10)23-35(34)37/h15-20H,2,4,7-8,13-14,21-24H2,1,3,5-6,9-12H3/t39-,40+,41-/m1/s1. The van der Waals surface area contributed by atoms with Gasteiger partial charge in [0.25, 0.3) is 0 Å². The van der Waals surface area contributed by atoms with Crippen molar-refractivity contribution in [2.24, 2.45) is 16.2 Å². The molecule has 2 aromatic rings. The minimum atomic E-state index is -0.126. The summed E-state index contributed by atoms with van der Waals surface area (Å²) in [6, 6.07) is 13.9. The first kappa shape index (κ1) is 29.4. The van der Waals surface area contributed by atoms with Gasteiger partial charge in [-0.3, -0.25) is 0 Å². The van der Waals surface area contributed by atoms with Gasteiger partial charge in [-0.2, -0.15) is 0 Å². The Balaban J connectivity index is 1.64. The molecule has 0 heterocycles. The Morgan fingerprint density at radius 2 is 1.56 bits per heavy atom. The summed E-state index contributed by atoms with van der Waals surface area (Å²) in [6.07, 6.45) is 6.45. The number of hydrogen-bond acceptors (Lipinski definition) is 0. The number of allylic oxidation sites excluding steroid dienone is 8. The molecule has 0 aromatic heterocycles. The van der Waals surface area contributed by atoms with Crippen LogP contribution in [-0.4, -0.2) is 0 Å². The molecule has 0 fully saturated rings. The molecule has 0 saturated carbocycles. The van der Waals surface area contributed by atoms with Crippen molar-refractivity contribution in [3.63, 3.8) is 0 Å². The first-order valence-corrected chi connectivity index (χ1v) is 15.5. The van der Waals surface area contributed by atoms with E-state index >= 15 is 0 Å². The van der Waals surface area contributed by atoms with Crippen LogP contribution in [0.2, 0.25) is 0 Å². The van der Waals surface area contributed by atoms with E-state index in [1.54, 1.807) is 0 Å². The van der Waals surface area contributed by atoms with E-state index in [1.807, 2.05) is 0 Å². The smallest absolute Gasteiger partial charge is 0.0194 e. The zero-order valence-electron chi connectivity index (χ0n) is 27.0. The van der Waals surface area contributed by atoms with Crippen LogP contribution in [0.5, 0.6) is 0 Å². The second-order valence-electron chi connectivity index (χ2n) is 14.3. The van der Waals surface area contributed by atoms with Crippen molar-refractivity contribution in [2.75, 3.05) is 0 Å². The SMILES string of the molecule is C=C(CCC)Cc1ccc(-c2ccc(C)c3c2C[C@]2(C)C[C@]4(C)CC(C)=C(C(=C)C)C(=C)[C@]4(C)C(C)=C2C3=C)cc1. The van der Waals surface area contributed by atoms with E-state index in [0.717, 1.165) is 44.1 Å². The van der Waals surface area contributed by atoms with Crippen LogP contribution in [0.1, 0.15) is 96.4 Å². The largest absolute Gasteiger partial charge is 0.0995 e. The molecule has 0 aliphatic heterocycles. The minimum absolute atomic E-state index is 0.0179. The first-order valence-electron chi connectivity index (χ1n) is 15.5. The van der Waals surface area contributed by atoms with Crippen molar-refractivity contribution in [3.05, 3.63) is 124 Å². The Labute approximate surface area is 250 Å². The number of hydrogen-bond donors (Lipinski definition) is 0. The van der Waals surface area contributed by atoms with Gasteiger partial charge in [0.2, 0.25) is 0 Å². The van der Waals surface area contributed by atoms with E-state index in [4.69, 9.17) is 13.2 Å². The highest BCUT2D eigenvalue weighted by atomic mass is 14.6. The fourth-order valence-electron chi connectivity index (χ4n) is 9.34. The summed E-state index contributed by atoms with van der Waals surface area (Å²) in [5, 5.41) is 0. The fourth-order valence-corrected chi connectivity index (χ4v) is 9.34.